The summed E-state index contributed by atoms with van der Waals surface area (Å²) < 4.78 is 5.48. The monoisotopic (exact) mass is 440 g/mol. The Hall–Kier alpha value is -2.97. The van der Waals surface area contributed by atoms with Crippen LogP contribution in [-0.4, -0.2) is 28.4 Å². The standard InChI is InChI=1S/C22H20N2O4S2/c1-4-28-15-9-7-14(8-10-15)24-18(16-6-5-11-29-16)17(20(26)22(24)27)19(25)21-12(2)23-13(3)30-21/h5-11,18,26H,4H2,1-3H3. The third-order valence-corrected chi connectivity index (χ3v) is 6.80. The molecule has 0 aliphatic carbocycles. The molecule has 3 heterocycles. The number of thiophene rings is 1. The molecule has 1 atom stereocenters. The number of benzene rings is 1. The summed E-state index contributed by atoms with van der Waals surface area (Å²) in [7, 11) is 0. The Morgan fingerprint density at radius 2 is 1.97 bits per heavy atom. The van der Waals surface area contributed by atoms with Gasteiger partial charge in [0, 0.05) is 10.6 Å². The lowest BCUT2D eigenvalue weighted by Gasteiger charge is -2.25. The van der Waals surface area contributed by atoms with Gasteiger partial charge in [0.2, 0.25) is 5.78 Å². The molecule has 6 nitrogen and oxygen atoms in total. The number of nitrogens with zero attached hydrogens (tertiary/aromatic N) is 2. The molecule has 3 aromatic rings. The number of hydrogen-bond acceptors (Lipinski definition) is 7. The van der Waals surface area contributed by atoms with Crippen LogP contribution in [0.4, 0.5) is 5.69 Å². The van der Waals surface area contributed by atoms with Gasteiger partial charge in [-0.15, -0.1) is 22.7 Å². The van der Waals surface area contributed by atoms with Crippen molar-refractivity contribution in [2.24, 2.45) is 0 Å². The molecular weight excluding hydrogens is 420 g/mol. The first-order valence-electron chi connectivity index (χ1n) is 9.44. The van der Waals surface area contributed by atoms with Gasteiger partial charge in [-0.25, -0.2) is 4.98 Å². The van der Waals surface area contributed by atoms with Gasteiger partial charge in [-0.2, -0.15) is 0 Å². The second kappa shape index (κ2) is 8.04. The number of aromatic nitrogens is 1. The number of ether oxygens (including phenoxy) is 1. The highest BCUT2D eigenvalue weighted by Gasteiger charge is 2.45. The minimum absolute atomic E-state index is 0.0862. The van der Waals surface area contributed by atoms with E-state index >= 15 is 0 Å². The number of anilines is 1. The zero-order chi connectivity index (χ0) is 21.4. The molecule has 1 aliphatic rings. The summed E-state index contributed by atoms with van der Waals surface area (Å²) in [5.74, 6) is -0.793. The molecular formula is C22H20N2O4S2. The summed E-state index contributed by atoms with van der Waals surface area (Å²) >= 11 is 2.70. The Bertz CT molecular complexity index is 1130. The number of carbonyl (C=O) groups excluding carboxylic acids is 2. The van der Waals surface area contributed by atoms with E-state index in [2.05, 4.69) is 4.98 Å². The van der Waals surface area contributed by atoms with Crippen molar-refractivity contribution in [3.63, 3.8) is 0 Å². The molecule has 0 fully saturated rings. The summed E-state index contributed by atoms with van der Waals surface area (Å²) in [4.78, 5) is 33.5. The Morgan fingerprint density at radius 1 is 1.23 bits per heavy atom. The van der Waals surface area contributed by atoms with E-state index in [1.54, 1.807) is 31.2 Å². The maximum absolute atomic E-state index is 13.4. The molecule has 0 saturated heterocycles. The van der Waals surface area contributed by atoms with Gasteiger partial charge in [0.15, 0.2) is 5.76 Å². The number of hydrogen-bond donors (Lipinski definition) is 1. The topological polar surface area (TPSA) is 79.7 Å². The van der Waals surface area contributed by atoms with Crippen molar-refractivity contribution in [3.05, 3.63) is 73.6 Å². The molecule has 1 unspecified atom stereocenters. The van der Waals surface area contributed by atoms with Crippen LogP contribution in [0.3, 0.4) is 0 Å². The average molecular weight is 441 g/mol. The van der Waals surface area contributed by atoms with Crippen LogP contribution in [0.25, 0.3) is 0 Å². The number of thiazole rings is 1. The number of amides is 1. The van der Waals surface area contributed by atoms with Gasteiger partial charge in [0.1, 0.15) is 11.8 Å². The van der Waals surface area contributed by atoms with Gasteiger partial charge in [0.05, 0.1) is 27.8 Å². The largest absolute Gasteiger partial charge is 0.503 e. The van der Waals surface area contributed by atoms with Crippen LogP contribution in [0, 0.1) is 13.8 Å². The fraction of sp³-hybridized carbons (Fsp3) is 0.227. The fourth-order valence-corrected chi connectivity index (χ4v) is 5.25. The number of aliphatic hydroxyl groups is 1. The molecule has 4 rings (SSSR count). The van der Waals surface area contributed by atoms with Crippen molar-refractivity contribution < 1.29 is 19.4 Å². The predicted octanol–water partition coefficient (Wildman–Crippen LogP) is 5.00. The zero-order valence-electron chi connectivity index (χ0n) is 16.7. The predicted molar refractivity (Wildman–Crippen MR) is 118 cm³/mol. The second-order valence-electron chi connectivity index (χ2n) is 6.76. The van der Waals surface area contributed by atoms with Crippen LogP contribution in [0.2, 0.25) is 0 Å². The van der Waals surface area contributed by atoms with E-state index in [1.165, 1.54) is 27.6 Å². The number of aryl methyl sites for hydroxylation is 2. The first-order valence-corrected chi connectivity index (χ1v) is 11.1. The molecule has 0 bridgehead atoms. The summed E-state index contributed by atoms with van der Waals surface area (Å²) in [5, 5.41) is 13.4. The third kappa shape index (κ3) is 3.42. The molecule has 0 saturated carbocycles. The maximum atomic E-state index is 13.4. The minimum Gasteiger partial charge on any atom is -0.503 e. The van der Waals surface area contributed by atoms with Crippen LogP contribution in [0.1, 0.15) is 38.2 Å². The van der Waals surface area contributed by atoms with Gasteiger partial charge < -0.3 is 9.84 Å². The van der Waals surface area contributed by atoms with E-state index in [1.807, 2.05) is 31.4 Å². The number of rotatable bonds is 6. The van der Waals surface area contributed by atoms with Crippen LogP contribution < -0.4 is 9.64 Å². The molecule has 1 aliphatic heterocycles. The third-order valence-electron chi connectivity index (χ3n) is 4.80. The van der Waals surface area contributed by atoms with Crippen molar-refractivity contribution in [1.29, 1.82) is 0 Å². The summed E-state index contributed by atoms with van der Waals surface area (Å²) in [6.45, 7) is 6.02. The Labute approximate surface area is 182 Å². The van der Waals surface area contributed by atoms with Crippen molar-refractivity contribution >= 4 is 40.1 Å². The molecule has 154 valence electrons. The highest BCUT2D eigenvalue weighted by molar-refractivity contribution is 7.14. The first-order chi connectivity index (χ1) is 14.4. The minimum atomic E-state index is -0.704. The molecule has 1 N–H and O–H groups in total. The number of ketones is 1. The van der Waals surface area contributed by atoms with Crippen molar-refractivity contribution in [3.8, 4) is 5.75 Å². The van der Waals surface area contributed by atoms with E-state index < -0.39 is 17.7 Å². The second-order valence-corrected chi connectivity index (χ2v) is 8.94. The molecule has 2 aromatic heterocycles. The summed E-state index contributed by atoms with van der Waals surface area (Å²) in [6, 6.07) is 10.1. The van der Waals surface area contributed by atoms with Gasteiger partial charge in [0.25, 0.3) is 5.91 Å². The quantitative estimate of drug-likeness (QED) is 0.546. The highest BCUT2D eigenvalue weighted by Crippen LogP contribution is 2.44. The van der Waals surface area contributed by atoms with Gasteiger partial charge >= 0.3 is 0 Å². The van der Waals surface area contributed by atoms with Crippen molar-refractivity contribution in [1.82, 2.24) is 4.98 Å². The molecule has 8 heteroatoms. The van der Waals surface area contributed by atoms with Gasteiger partial charge in [-0.3, -0.25) is 14.5 Å². The molecule has 1 aromatic carbocycles. The first kappa shape index (κ1) is 20.3. The van der Waals surface area contributed by atoms with E-state index in [4.69, 9.17) is 4.74 Å². The lowest BCUT2D eigenvalue weighted by atomic mass is 10.00. The maximum Gasteiger partial charge on any atom is 0.294 e. The van der Waals surface area contributed by atoms with Gasteiger partial charge in [-0.05, 0) is 56.5 Å². The molecule has 30 heavy (non-hydrogen) atoms. The van der Waals surface area contributed by atoms with Gasteiger partial charge in [-0.1, -0.05) is 6.07 Å². The lowest BCUT2D eigenvalue weighted by molar-refractivity contribution is -0.117. The smallest absolute Gasteiger partial charge is 0.294 e. The van der Waals surface area contributed by atoms with E-state index in [-0.39, 0.29) is 11.4 Å². The van der Waals surface area contributed by atoms with Crippen LogP contribution >= 0.6 is 22.7 Å². The van der Waals surface area contributed by atoms with Crippen LogP contribution in [0.15, 0.2) is 53.1 Å². The normalized spacial score (nSPS) is 16.4. The average Bonchev–Trinajstić information content (AvgIpc) is 3.42. The van der Waals surface area contributed by atoms with E-state index in [9.17, 15) is 14.7 Å². The number of Topliss-reactive ketones (excluding diaryl/α,β-unsaturated/α-hetero) is 1. The Kier molecular flexibility index (Phi) is 5.44. The van der Waals surface area contributed by atoms with E-state index in [0.717, 1.165) is 9.88 Å². The molecule has 0 spiro atoms. The lowest BCUT2D eigenvalue weighted by Crippen LogP contribution is -2.30. The number of aliphatic hydroxyl groups excluding tert-OH is 1. The fourth-order valence-electron chi connectivity index (χ4n) is 3.55. The highest BCUT2D eigenvalue weighted by atomic mass is 32.1. The number of carbonyl (C=O) groups is 2. The van der Waals surface area contributed by atoms with Crippen LogP contribution in [0.5, 0.6) is 5.75 Å². The molecule has 1 amide bonds. The summed E-state index contributed by atoms with van der Waals surface area (Å²) in [6.07, 6.45) is 0. The summed E-state index contributed by atoms with van der Waals surface area (Å²) in [5.41, 5.74) is 1.26. The molecule has 0 radical (unpaired) electrons. The van der Waals surface area contributed by atoms with Crippen LogP contribution in [-0.2, 0) is 4.79 Å². The Morgan fingerprint density at radius 3 is 2.53 bits per heavy atom. The van der Waals surface area contributed by atoms with E-state index in [0.29, 0.717) is 28.6 Å². The van der Waals surface area contributed by atoms with Crippen molar-refractivity contribution in [2.75, 3.05) is 11.5 Å². The Balaban J connectivity index is 1.81. The SMILES string of the molecule is CCOc1ccc(N2C(=O)C(O)=C(C(=O)c3sc(C)nc3C)C2c2cccs2)cc1. The zero-order valence-corrected chi connectivity index (χ0v) is 18.3. The van der Waals surface area contributed by atoms with Crippen molar-refractivity contribution in [2.45, 2.75) is 26.8 Å².